The number of nitrogens with two attached hydrogens (primary N) is 2. The maximum atomic E-state index is 10.4. The van der Waals surface area contributed by atoms with Gasteiger partial charge in [-0.25, -0.2) is 4.18 Å². The fraction of sp³-hybridized carbons (Fsp3) is 0.600. The lowest BCUT2D eigenvalue weighted by atomic mass is 10.1. The minimum Gasteiger partial charge on any atom is -0.480 e. The average molecular weight is 242 g/mol. The lowest BCUT2D eigenvalue weighted by Crippen LogP contribution is -2.46. The fourth-order valence-corrected chi connectivity index (χ4v) is 1.23. The van der Waals surface area contributed by atoms with Crippen LogP contribution in [-0.2, 0) is 24.2 Å². The van der Waals surface area contributed by atoms with Crippen molar-refractivity contribution < 1.29 is 31.8 Å². The Morgan fingerprint density at radius 2 is 1.87 bits per heavy atom. The zero-order valence-corrected chi connectivity index (χ0v) is 8.18. The molecule has 0 aromatic rings. The van der Waals surface area contributed by atoms with Gasteiger partial charge in [-0.15, -0.1) is 0 Å². The quantitative estimate of drug-likeness (QED) is 0.369. The van der Waals surface area contributed by atoms with Crippen LogP contribution in [0, 0.1) is 0 Å². The van der Waals surface area contributed by atoms with Crippen LogP contribution < -0.4 is 11.5 Å². The van der Waals surface area contributed by atoms with E-state index in [1.54, 1.807) is 0 Å². The minimum absolute atomic E-state index is 0.743. The molecule has 0 bridgehead atoms. The molecule has 6 N–H and O–H groups in total. The molecule has 0 aliphatic heterocycles. The van der Waals surface area contributed by atoms with E-state index < -0.39 is 40.8 Å². The molecule has 10 heteroatoms. The van der Waals surface area contributed by atoms with E-state index in [-0.39, 0.29) is 0 Å². The van der Waals surface area contributed by atoms with Crippen LogP contribution in [0.15, 0.2) is 0 Å². The first-order chi connectivity index (χ1) is 6.63. The largest absolute Gasteiger partial charge is 0.480 e. The van der Waals surface area contributed by atoms with Crippen LogP contribution >= 0.6 is 0 Å². The van der Waals surface area contributed by atoms with Crippen molar-refractivity contribution in [3.8, 4) is 0 Å². The molecule has 0 aliphatic carbocycles. The molecular weight excluding hydrogens is 232 g/mol. The fourth-order valence-electron chi connectivity index (χ4n) is 0.734. The Morgan fingerprint density at radius 3 is 2.13 bits per heavy atom. The average Bonchev–Trinajstić information content (AvgIpc) is 1.97. The number of carboxylic acid groups (broad SMARTS) is 1. The van der Waals surface area contributed by atoms with E-state index in [2.05, 4.69) is 4.18 Å². The number of carbonyl (C=O) groups excluding carboxylic acids is 1. The smallest absolute Gasteiger partial charge is 0.397 e. The van der Waals surface area contributed by atoms with Gasteiger partial charge in [0.25, 0.3) is 0 Å². The minimum atomic E-state index is -4.90. The van der Waals surface area contributed by atoms with Crippen molar-refractivity contribution in [2.75, 3.05) is 0 Å². The van der Waals surface area contributed by atoms with Gasteiger partial charge in [0.15, 0.2) is 0 Å². The van der Waals surface area contributed by atoms with E-state index in [9.17, 15) is 18.0 Å². The highest BCUT2D eigenvalue weighted by Crippen LogP contribution is 2.06. The summed E-state index contributed by atoms with van der Waals surface area (Å²) in [5, 5.41) is 8.43. The molecule has 0 fully saturated rings. The van der Waals surface area contributed by atoms with Crippen molar-refractivity contribution in [2.45, 2.75) is 18.6 Å². The summed E-state index contributed by atoms with van der Waals surface area (Å²) in [6, 6.07) is -1.79. The standard InChI is InChI=1S/C5H10N2O7S/c6-3(8)1-2(4(7)5(9)10)14-15(11,12)13/h2,4H,1,7H2,(H2,6,8)(H,9,10)(H,11,12,13)/t2-,4-/m1/s1. The third-order valence-corrected chi connectivity index (χ3v) is 1.82. The van der Waals surface area contributed by atoms with Crippen molar-refractivity contribution in [3.05, 3.63) is 0 Å². The summed E-state index contributed by atoms with van der Waals surface area (Å²) in [6.07, 6.45) is -2.48. The van der Waals surface area contributed by atoms with Crippen LogP contribution in [0.2, 0.25) is 0 Å². The van der Waals surface area contributed by atoms with Gasteiger partial charge in [-0.2, -0.15) is 8.42 Å². The van der Waals surface area contributed by atoms with Crippen molar-refractivity contribution >= 4 is 22.3 Å². The summed E-state index contributed by atoms with van der Waals surface area (Å²) in [7, 11) is -4.90. The first-order valence-corrected chi connectivity index (χ1v) is 4.92. The summed E-state index contributed by atoms with van der Waals surface area (Å²) < 4.78 is 32.7. The van der Waals surface area contributed by atoms with Gasteiger partial charge >= 0.3 is 16.4 Å². The molecule has 0 saturated carbocycles. The number of carbonyl (C=O) groups is 2. The number of aliphatic carboxylic acids is 1. The Labute approximate surface area is 84.9 Å². The molecule has 0 rings (SSSR count). The summed E-state index contributed by atoms with van der Waals surface area (Å²) in [4.78, 5) is 20.8. The summed E-state index contributed by atoms with van der Waals surface area (Å²) in [5.41, 5.74) is 9.71. The Morgan fingerprint density at radius 1 is 1.40 bits per heavy atom. The van der Waals surface area contributed by atoms with Crippen LogP contribution in [0.5, 0.6) is 0 Å². The van der Waals surface area contributed by atoms with Gasteiger partial charge in [-0.3, -0.25) is 14.1 Å². The summed E-state index contributed by atoms with van der Waals surface area (Å²) in [6.45, 7) is 0. The van der Waals surface area contributed by atoms with Crippen LogP contribution in [0.3, 0.4) is 0 Å². The van der Waals surface area contributed by atoms with Crippen molar-refractivity contribution in [1.29, 1.82) is 0 Å². The third-order valence-electron chi connectivity index (χ3n) is 1.33. The molecule has 0 heterocycles. The van der Waals surface area contributed by atoms with Gasteiger partial charge in [-0.05, 0) is 0 Å². The highest BCUT2D eigenvalue weighted by molar-refractivity contribution is 7.80. The van der Waals surface area contributed by atoms with Crippen molar-refractivity contribution in [2.24, 2.45) is 11.5 Å². The molecule has 0 saturated heterocycles. The van der Waals surface area contributed by atoms with Crippen LogP contribution in [0.25, 0.3) is 0 Å². The Bertz CT molecular complexity index is 350. The first kappa shape index (κ1) is 13.8. The van der Waals surface area contributed by atoms with E-state index in [0.717, 1.165) is 0 Å². The van der Waals surface area contributed by atoms with E-state index in [4.69, 9.17) is 21.1 Å². The molecule has 0 aromatic carbocycles. The Balaban J connectivity index is 4.73. The van der Waals surface area contributed by atoms with Gasteiger partial charge in [0.2, 0.25) is 5.91 Å². The van der Waals surface area contributed by atoms with Gasteiger partial charge in [-0.1, -0.05) is 0 Å². The zero-order chi connectivity index (χ0) is 12.2. The maximum absolute atomic E-state index is 10.4. The number of amides is 1. The van der Waals surface area contributed by atoms with Gasteiger partial charge < -0.3 is 16.6 Å². The molecule has 0 unspecified atom stereocenters. The number of primary amides is 1. The van der Waals surface area contributed by atoms with E-state index in [1.807, 2.05) is 0 Å². The topological polar surface area (TPSA) is 170 Å². The molecule has 1 amide bonds. The number of rotatable bonds is 6. The van der Waals surface area contributed by atoms with E-state index in [1.165, 1.54) is 0 Å². The molecule has 2 atom stereocenters. The lowest BCUT2D eigenvalue weighted by Gasteiger charge is -2.17. The first-order valence-electron chi connectivity index (χ1n) is 3.56. The molecule has 0 spiro atoms. The van der Waals surface area contributed by atoms with E-state index in [0.29, 0.717) is 0 Å². The van der Waals surface area contributed by atoms with Gasteiger partial charge in [0.1, 0.15) is 12.1 Å². The third kappa shape index (κ3) is 5.96. The van der Waals surface area contributed by atoms with Crippen LogP contribution in [0.4, 0.5) is 0 Å². The molecule has 0 aromatic heterocycles. The predicted molar refractivity (Wildman–Crippen MR) is 45.8 cm³/mol. The number of carboxylic acids is 1. The molecule has 0 radical (unpaired) electrons. The van der Waals surface area contributed by atoms with E-state index >= 15 is 0 Å². The normalized spacial score (nSPS) is 15.6. The second-order valence-corrected chi connectivity index (χ2v) is 3.64. The van der Waals surface area contributed by atoms with Gasteiger partial charge in [0.05, 0.1) is 6.42 Å². The predicted octanol–water partition coefficient (Wildman–Crippen LogP) is -2.54. The molecule has 88 valence electrons. The van der Waals surface area contributed by atoms with Crippen LogP contribution in [0.1, 0.15) is 6.42 Å². The molecule has 0 aliphatic rings. The van der Waals surface area contributed by atoms with Crippen molar-refractivity contribution in [3.63, 3.8) is 0 Å². The summed E-state index contributed by atoms with van der Waals surface area (Å²) >= 11 is 0. The Hall–Kier alpha value is -1.23. The monoisotopic (exact) mass is 242 g/mol. The van der Waals surface area contributed by atoms with Crippen molar-refractivity contribution in [1.82, 2.24) is 0 Å². The highest BCUT2D eigenvalue weighted by atomic mass is 32.3. The molecule has 9 nitrogen and oxygen atoms in total. The molecular formula is C5H10N2O7S. The zero-order valence-electron chi connectivity index (χ0n) is 7.36. The second kappa shape index (κ2) is 5.02. The SMILES string of the molecule is NC(=O)C[C@@H](OS(=O)(=O)O)[C@@H](N)C(=O)O. The lowest BCUT2D eigenvalue weighted by molar-refractivity contribution is -0.141. The number of hydrogen-bond donors (Lipinski definition) is 4. The Kier molecular flexibility index (Phi) is 4.61. The number of hydrogen-bond acceptors (Lipinski definition) is 6. The highest BCUT2D eigenvalue weighted by Gasteiger charge is 2.30. The second-order valence-electron chi connectivity index (χ2n) is 2.60. The van der Waals surface area contributed by atoms with Gasteiger partial charge in [0, 0.05) is 0 Å². The molecule has 15 heavy (non-hydrogen) atoms. The van der Waals surface area contributed by atoms with Crippen LogP contribution in [-0.4, -0.2) is 42.1 Å². The maximum Gasteiger partial charge on any atom is 0.397 e. The summed E-state index contributed by atoms with van der Waals surface area (Å²) in [5.74, 6) is -2.61.